The van der Waals surface area contributed by atoms with Crippen LogP contribution in [0.3, 0.4) is 0 Å². The highest BCUT2D eigenvalue weighted by atomic mass is 35.5. The van der Waals surface area contributed by atoms with Crippen LogP contribution in [0.15, 0.2) is 42.5 Å². The lowest BCUT2D eigenvalue weighted by Gasteiger charge is -2.36. The van der Waals surface area contributed by atoms with E-state index in [9.17, 15) is 9.90 Å². The zero-order chi connectivity index (χ0) is 18.3. The molecule has 0 bridgehead atoms. The number of nitrogens with zero attached hydrogens (tertiary/aromatic N) is 1. The highest BCUT2D eigenvalue weighted by Crippen LogP contribution is 2.39. The highest BCUT2D eigenvalue weighted by molar-refractivity contribution is 6.31. The minimum atomic E-state index is -0.281. The number of phenolic OH excluding ortho intramolecular Hbond substituents is 1. The van der Waals surface area contributed by atoms with E-state index in [1.807, 2.05) is 29.2 Å². The monoisotopic (exact) mass is 369 g/mol. The molecule has 1 aliphatic heterocycles. The summed E-state index contributed by atoms with van der Waals surface area (Å²) in [4.78, 5) is 18.0. The maximum absolute atomic E-state index is 12.7. The van der Waals surface area contributed by atoms with Crippen molar-refractivity contribution in [2.24, 2.45) is 5.73 Å². The van der Waals surface area contributed by atoms with Crippen LogP contribution in [0.4, 0.5) is 0 Å². The number of phenols is 1. The molecule has 0 spiro atoms. The Labute approximate surface area is 156 Å². The Balaban J connectivity index is 1.89. The van der Waals surface area contributed by atoms with Gasteiger partial charge in [-0.25, -0.2) is 0 Å². The van der Waals surface area contributed by atoms with Gasteiger partial charge in [0.15, 0.2) is 0 Å². The molecule has 134 valence electrons. The van der Waals surface area contributed by atoms with Crippen molar-refractivity contribution >= 4 is 28.4 Å². The molecule has 0 aliphatic carbocycles. The van der Waals surface area contributed by atoms with Crippen molar-refractivity contribution in [2.45, 2.75) is 18.9 Å². The van der Waals surface area contributed by atoms with Crippen molar-refractivity contribution in [3.05, 3.63) is 64.3 Å². The third-order valence-electron chi connectivity index (χ3n) is 4.95. The van der Waals surface area contributed by atoms with Gasteiger partial charge in [-0.1, -0.05) is 23.7 Å². The van der Waals surface area contributed by atoms with Crippen LogP contribution in [0.5, 0.6) is 5.75 Å². The van der Waals surface area contributed by atoms with Crippen molar-refractivity contribution in [1.29, 1.82) is 0 Å². The predicted octanol–water partition coefficient (Wildman–Crippen LogP) is 3.35. The first kappa shape index (κ1) is 16.9. The Morgan fingerprint density at radius 2 is 2.15 bits per heavy atom. The van der Waals surface area contributed by atoms with Gasteiger partial charge in [-0.15, -0.1) is 0 Å². The number of hydrogen-bond donors (Lipinski definition) is 3. The van der Waals surface area contributed by atoms with Crippen LogP contribution in [0.25, 0.3) is 10.9 Å². The van der Waals surface area contributed by atoms with Crippen molar-refractivity contribution in [3.63, 3.8) is 0 Å². The minimum absolute atomic E-state index is 0.0168. The third kappa shape index (κ3) is 2.83. The molecule has 1 aromatic heterocycles. The number of fused-ring (bicyclic) bond motifs is 3. The second kappa shape index (κ2) is 6.67. The largest absolute Gasteiger partial charge is 0.508 e. The molecular weight excluding hydrogens is 350 g/mol. The van der Waals surface area contributed by atoms with Crippen LogP contribution in [0.2, 0.25) is 5.02 Å². The second-order valence-electron chi connectivity index (χ2n) is 6.58. The molecule has 1 atom stereocenters. The van der Waals surface area contributed by atoms with Crippen LogP contribution >= 0.6 is 11.6 Å². The van der Waals surface area contributed by atoms with Gasteiger partial charge in [-0.3, -0.25) is 4.79 Å². The summed E-state index contributed by atoms with van der Waals surface area (Å²) in [6.45, 7) is 0.920. The van der Waals surface area contributed by atoms with E-state index in [1.165, 1.54) is 5.56 Å². The lowest BCUT2D eigenvalue weighted by atomic mass is 9.92. The summed E-state index contributed by atoms with van der Waals surface area (Å²) in [5, 5.41) is 11.7. The van der Waals surface area contributed by atoms with Gasteiger partial charge in [0.2, 0.25) is 5.91 Å². The molecule has 0 fully saturated rings. The Morgan fingerprint density at radius 1 is 1.31 bits per heavy atom. The molecule has 0 saturated heterocycles. The van der Waals surface area contributed by atoms with E-state index >= 15 is 0 Å². The normalized spacial score (nSPS) is 16.7. The number of hydrogen-bond acceptors (Lipinski definition) is 3. The van der Waals surface area contributed by atoms with E-state index in [2.05, 4.69) is 4.98 Å². The predicted molar refractivity (Wildman–Crippen MR) is 102 cm³/mol. The number of aromatic nitrogens is 1. The Morgan fingerprint density at radius 3 is 2.92 bits per heavy atom. The summed E-state index contributed by atoms with van der Waals surface area (Å²) in [5.41, 5.74) is 9.62. The van der Waals surface area contributed by atoms with E-state index in [0.29, 0.717) is 24.5 Å². The third-order valence-corrected chi connectivity index (χ3v) is 5.19. The van der Waals surface area contributed by atoms with E-state index < -0.39 is 0 Å². The number of rotatable bonds is 3. The van der Waals surface area contributed by atoms with E-state index in [-0.39, 0.29) is 17.7 Å². The summed E-state index contributed by atoms with van der Waals surface area (Å²) >= 11 is 6.19. The van der Waals surface area contributed by atoms with Crippen molar-refractivity contribution in [2.75, 3.05) is 13.1 Å². The fourth-order valence-corrected chi connectivity index (χ4v) is 4.01. The van der Waals surface area contributed by atoms with Gasteiger partial charge in [0.1, 0.15) is 5.75 Å². The smallest absolute Gasteiger partial charge is 0.224 e. The standard InChI is InChI=1S/C20H20ClN3O2/c21-13-4-5-17-16(11-13)15-7-9-24(18(26)6-8-22)20(19(15)23-17)12-2-1-3-14(25)10-12/h1-5,10-11,20,23,25H,6-9,22H2. The molecule has 5 nitrogen and oxygen atoms in total. The summed E-state index contributed by atoms with van der Waals surface area (Å²) in [5.74, 6) is 0.197. The van der Waals surface area contributed by atoms with Crippen LogP contribution < -0.4 is 5.73 Å². The van der Waals surface area contributed by atoms with Crippen molar-refractivity contribution < 1.29 is 9.90 Å². The topological polar surface area (TPSA) is 82.4 Å². The lowest BCUT2D eigenvalue weighted by molar-refractivity contribution is -0.133. The number of carbonyl (C=O) groups is 1. The van der Waals surface area contributed by atoms with E-state index in [0.717, 1.165) is 28.6 Å². The van der Waals surface area contributed by atoms with Crippen LogP contribution in [0.1, 0.15) is 29.3 Å². The summed E-state index contributed by atoms with van der Waals surface area (Å²) < 4.78 is 0. The first-order chi connectivity index (χ1) is 12.6. The number of benzene rings is 2. The van der Waals surface area contributed by atoms with E-state index in [4.69, 9.17) is 17.3 Å². The summed E-state index contributed by atoms with van der Waals surface area (Å²) in [7, 11) is 0. The van der Waals surface area contributed by atoms with Gasteiger partial charge in [0.05, 0.1) is 6.04 Å². The Kier molecular flexibility index (Phi) is 4.34. The molecule has 1 aliphatic rings. The number of aromatic hydroxyl groups is 1. The Hall–Kier alpha value is -2.50. The number of H-pyrrole nitrogens is 1. The maximum atomic E-state index is 12.7. The van der Waals surface area contributed by atoms with Gasteiger partial charge >= 0.3 is 0 Å². The number of halogens is 1. The Bertz CT molecular complexity index is 982. The molecule has 4 rings (SSSR count). The molecular formula is C20H20ClN3O2. The SMILES string of the molecule is NCCC(=O)N1CCc2c([nH]c3ccc(Cl)cc23)C1c1cccc(O)c1. The number of nitrogens with two attached hydrogens (primary N) is 1. The van der Waals surface area contributed by atoms with Gasteiger partial charge in [-0.05, 0) is 47.9 Å². The first-order valence-electron chi connectivity index (χ1n) is 8.67. The molecule has 26 heavy (non-hydrogen) atoms. The van der Waals surface area contributed by atoms with Crippen molar-refractivity contribution in [3.8, 4) is 5.75 Å². The van der Waals surface area contributed by atoms with Crippen LogP contribution in [0, 0.1) is 0 Å². The van der Waals surface area contributed by atoms with Gasteiger partial charge in [0.25, 0.3) is 0 Å². The fraction of sp³-hybridized carbons (Fsp3) is 0.250. The van der Waals surface area contributed by atoms with E-state index in [1.54, 1.807) is 18.2 Å². The van der Waals surface area contributed by atoms with Gasteiger partial charge < -0.3 is 20.7 Å². The summed E-state index contributed by atoms with van der Waals surface area (Å²) in [6.07, 6.45) is 1.05. The molecule has 6 heteroatoms. The lowest BCUT2D eigenvalue weighted by Crippen LogP contribution is -2.41. The number of amides is 1. The van der Waals surface area contributed by atoms with Gasteiger partial charge in [-0.2, -0.15) is 0 Å². The number of nitrogens with one attached hydrogen (secondary N) is 1. The van der Waals surface area contributed by atoms with Gasteiger partial charge in [0, 0.05) is 41.1 Å². The molecule has 0 saturated carbocycles. The molecule has 3 aromatic rings. The number of carbonyl (C=O) groups excluding carboxylic acids is 1. The molecule has 2 heterocycles. The average molecular weight is 370 g/mol. The second-order valence-corrected chi connectivity index (χ2v) is 7.02. The zero-order valence-electron chi connectivity index (χ0n) is 14.2. The molecule has 0 radical (unpaired) electrons. The van der Waals surface area contributed by atoms with Crippen LogP contribution in [-0.2, 0) is 11.2 Å². The maximum Gasteiger partial charge on any atom is 0.224 e. The molecule has 1 unspecified atom stereocenters. The van der Waals surface area contributed by atoms with Crippen molar-refractivity contribution in [1.82, 2.24) is 9.88 Å². The highest BCUT2D eigenvalue weighted by Gasteiger charge is 2.34. The molecule has 2 aromatic carbocycles. The molecule has 1 amide bonds. The summed E-state index contributed by atoms with van der Waals surface area (Å²) in [6, 6.07) is 12.6. The quantitative estimate of drug-likeness (QED) is 0.662. The zero-order valence-corrected chi connectivity index (χ0v) is 15.0. The molecule has 4 N–H and O–H groups in total. The first-order valence-corrected chi connectivity index (χ1v) is 9.04. The fourth-order valence-electron chi connectivity index (χ4n) is 3.84. The number of aromatic amines is 1. The average Bonchev–Trinajstić information content (AvgIpc) is 2.99. The minimum Gasteiger partial charge on any atom is -0.508 e. The van der Waals surface area contributed by atoms with Crippen LogP contribution in [-0.4, -0.2) is 34.0 Å².